The standard InChI is InChI=1S/C18H21FN4O3S/c1-13-17(14(2)21-12-20-13)18(24)22-8-3-9-23(11-10-22)27(25,26)16-6-4-15(19)5-7-16/h4-7,12H,3,8-11H2,1-2H3. The maximum atomic E-state index is 13.1. The van der Waals surface area contributed by atoms with E-state index in [0.29, 0.717) is 36.5 Å². The smallest absolute Gasteiger partial charge is 0.257 e. The van der Waals surface area contributed by atoms with Crippen molar-refractivity contribution in [3.8, 4) is 0 Å². The Balaban J connectivity index is 1.77. The molecule has 1 aliphatic rings. The molecule has 0 spiro atoms. The molecule has 144 valence electrons. The van der Waals surface area contributed by atoms with Crippen LogP contribution in [0.15, 0.2) is 35.5 Å². The van der Waals surface area contributed by atoms with Crippen molar-refractivity contribution in [2.75, 3.05) is 26.2 Å². The number of carbonyl (C=O) groups is 1. The van der Waals surface area contributed by atoms with Crippen molar-refractivity contribution >= 4 is 15.9 Å². The SMILES string of the molecule is Cc1ncnc(C)c1C(=O)N1CCCN(S(=O)(=O)c2ccc(F)cc2)CC1. The van der Waals surface area contributed by atoms with Crippen molar-refractivity contribution in [3.63, 3.8) is 0 Å². The molecule has 0 unspecified atom stereocenters. The largest absolute Gasteiger partial charge is 0.337 e. The second-order valence-electron chi connectivity index (χ2n) is 6.42. The zero-order valence-electron chi connectivity index (χ0n) is 15.2. The van der Waals surface area contributed by atoms with Crippen LogP contribution in [0.5, 0.6) is 0 Å². The van der Waals surface area contributed by atoms with E-state index in [4.69, 9.17) is 0 Å². The van der Waals surface area contributed by atoms with E-state index in [-0.39, 0.29) is 23.9 Å². The van der Waals surface area contributed by atoms with Crippen molar-refractivity contribution in [2.24, 2.45) is 0 Å². The molecular weight excluding hydrogens is 371 g/mol. The summed E-state index contributed by atoms with van der Waals surface area (Å²) in [5.41, 5.74) is 1.67. The summed E-state index contributed by atoms with van der Waals surface area (Å²) in [5, 5.41) is 0. The Kier molecular flexibility index (Phi) is 5.52. The van der Waals surface area contributed by atoms with Crippen LogP contribution in [0.25, 0.3) is 0 Å². The van der Waals surface area contributed by atoms with Crippen LogP contribution in [0.4, 0.5) is 4.39 Å². The lowest BCUT2D eigenvalue weighted by Gasteiger charge is -2.23. The highest BCUT2D eigenvalue weighted by atomic mass is 32.2. The number of benzene rings is 1. The highest BCUT2D eigenvalue weighted by Gasteiger charge is 2.29. The topological polar surface area (TPSA) is 83.5 Å². The summed E-state index contributed by atoms with van der Waals surface area (Å²) in [5.74, 6) is -0.677. The minimum atomic E-state index is -3.73. The van der Waals surface area contributed by atoms with Gasteiger partial charge in [0, 0.05) is 26.2 Å². The van der Waals surface area contributed by atoms with E-state index >= 15 is 0 Å². The van der Waals surface area contributed by atoms with Crippen LogP contribution in [0.3, 0.4) is 0 Å². The summed E-state index contributed by atoms with van der Waals surface area (Å²) in [4.78, 5) is 22.7. The van der Waals surface area contributed by atoms with Gasteiger partial charge in [0.2, 0.25) is 10.0 Å². The molecule has 1 aromatic carbocycles. The number of sulfonamides is 1. The third kappa shape index (κ3) is 3.98. The number of nitrogens with zero attached hydrogens (tertiary/aromatic N) is 4. The Morgan fingerprint density at radius 3 is 2.26 bits per heavy atom. The molecule has 0 N–H and O–H groups in total. The Hall–Kier alpha value is -2.39. The molecule has 27 heavy (non-hydrogen) atoms. The van der Waals surface area contributed by atoms with E-state index in [0.717, 1.165) is 12.1 Å². The van der Waals surface area contributed by atoms with Gasteiger partial charge in [-0.25, -0.2) is 22.8 Å². The van der Waals surface area contributed by atoms with E-state index in [1.54, 1.807) is 18.7 Å². The summed E-state index contributed by atoms with van der Waals surface area (Å²) in [6, 6.07) is 4.77. The molecule has 1 aromatic heterocycles. The third-order valence-electron chi connectivity index (χ3n) is 4.63. The van der Waals surface area contributed by atoms with Crippen molar-refractivity contribution in [1.29, 1.82) is 0 Å². The summed E-state index contributed by atoms with van der Waals surface area (Å²) in [7, 11) is -3.73. The molecule has 0 saturated carbocycles. The number of aryl methyl sites for hydroxylation is 2. The quantitative estimate of drug-likeness (QED) is 0.795. The molecule has 7 nitrogen and oxygen atoms in total. The van der Waals surface area contributed by atoms with Gasteiger partial charge in [-0.3, -0.25) is 4.79 Å². The Bertz CT molecular complexity index is 927. The maximum absolute atomic E-state index is 13.1. The van der Waals surface area contributed by atoms with Crippen LogP contribution in [-0.2, 0) is 10.0 Å². The number of hydrogen-bond donors (Lipinski definition) is 0. The van der Waals surface area contributed by atoms with E-state index < -0.39 is 15.8 Å². The summed E-state index contributed by atoms with van der Waals surface area (Å²) in [6.45, 7) is 4.70. The predicted octanol–water partition coefficient (Wildman–Crippen LogP) is 1.77. The lowest BCUT2D eigenvalue weighted by atomic mass is 10.1. The van der Waals surface area contributed by atoms with Crippen LogP contribution in [0.1, 0.15) is 28.2 Å². The molecular formula is C18H21FN4O3S. The normalized spacial score (nSPS) is 16.2. The second-order valence-corrected chi connectivity index (χ2v) is 8.36. The number of rotatable bonds is 3. The number of halogens is 1. The molecule has 1 fully saturated rings. The van der Waals surface area contributed by atoms with Crippen LogP contribution >= 0.6 is 0 Å². The van der Waals surface area contributed by atoms with E-state index in [1.165, 1.54) is 22.8 Å². The molecule has 1 saturated heterocycles. The lowest BCUT2D eigenvalue weighted by Crippen LogP contribution is -2.38. The molecule has 0 aliphatic carbocycles. The molecule has 0 radical (unpaired) electrons. The first-order valence-corrected chi connectivity index (χ1v) is 10.1. The Morgan fingerprint density at radius 1 is 1.00 bits per heavy atom. The van der Waals surface area contributed by atoms with Crippen molar-refractivity contribution in [1.82, 2.24) is 19.2 Å². The molecule has 1 amide bonds. The fourth-order valence-corrected chi connectivity index (χ4v) is 4.62. The zero-order valence-corrected chi connectivity index (χ0v) is 16.0. The molecule has 2 aromatic rings. The summed E-state index contributed by atoms with van der Waals surface area (Å²) < 4.78 is 40.0. The maximum Gasteiger partial charge on any atom is 0.257 e. The molecule has 0 atom stereocenters. The average molecular weight is 392 g/mol. The van der Waals surface area contributed by atoms with Crippen molar-refractivity contribution in [2.45, 2.75) is 25.2 Å². The van der Waals surface area contributed by atoms with Gasteiger partial charge in [0.15, 0.2) is 0 Å². The summed E-state index contributed by atoms with van der Waals surface area (Å²) in [6.07, 6.45) is 1.93. The Morgan fingerprint density at radius 2 is 1.63 bits per heavy atom. The van der Waals surface area contributed by atoms with E-state index in [9.17, 15) is 17.6 Å². The fraction of sp³-hybridized carbons (Fsp3) is 0.389. The van der Waals surface area contributed by atoms with Gasteiger partial charge in [0.25, 0.3) is 5.91 Å². The highest BCUT2D eigenvalue weighted by Crippen LogP contribution is 2.20. The van der Waals surface area contributed by atoms with Gasteiger partial charge in [-0.2, -0.15) is 4.31 Å². The van der Waals surface area contributed by atoms with Gasteiger partial charge in [-0.05, 0) is 44.5 Å². The van der Waals surface area contributed by atoms with Gasteiger partial charge >= 0.3 is 0 Å². The van der Waals surface area contributed by atoms with Gasteiger partial charge in [0.1, 0.15) is 12.1 Å². The van der Waals surface area contributed by atoms with Gasteiger partial charge in [-0.1, -0.05) is 0 Å². The van der Waals surface area contributed by atoms with Gasteiger partial charge in [0.05, 0.1) is 21.8 Å². The van der Waals surface area contributed by atoms with Crippen LogP contribution in [0.2, 0.25) is 0 Å². The number of carbonyl (C=O) groups excluding carboxylic acids is 1. The minimum absolute atomic E-state index is 0.0480. The van der Waals surface area contributed by atoms with Crippen LogP contribution in [-0.4, -0.2) is 59.7 Å². The first kappa shape index (κ1) is 19.4. The first-order valence-electron chi connectivity index (χ1n) is 8.64. The van der Waals surface area contributed by atoms with Crippen molar-refractivity contribution in [3.05, 3.63) is 53.4 Å². The number of hydrogen-bond acceptors (Lipinski definition) is 5. The molecule has 0 bridgehead atoms. The molecule has 1 aliphatic heterocycles. The molecule has 9 heteroatoms. The molecule has 3 rings (SSSR count). The van der Waals surface area contributed by atoms with E-state index in [1.807, 2.05) is 0 Å². The Labute approximate surface area is 157 Å². The monoisotopic (exact) mass is 392 g/mol. The summed E-state index contributed by atoms with van der Waals surface area (Å²) >= 11 is 0. The average Bonchev–Trinajstić information content (AvgIpc) is 2.88. The van der Waals surface area contributed by atoms with Crippen LogP contribution in [0, 0.1) is 19.7 Å². The fourth-order valence-electron chi connectivity index (χ4n) is 3.15. The molecule has 2 heterocycles. The second kappa shape index (κ2) is 7.69. The first-order chi connectivity index (χ1) is 12.8. The predicted molar refractivity (Wildman–Crippen MR) is 97.2 cm³/mol. The van der Waals surface area contributed by atoms with Gasteiger partial charge in [-0.15, -0.1) is 0 Å². The van der Waals surface area contributed by atoms with Crippen molar-refractivity contribution < 1.29 is 17.6 Å². The third-order valence-corrected chi connectivity index (χ3v) is 6.55. The van der Waals surface area contributed by atoms with E-state index in [2.05, 4.69) is 9.97 Å². The number of aromatic nitrogens is 2. The highest BCUT2D eigenvalue weighted by molar-refractivity contribution is 7.89. The number of amides is 1. The minimum Gasteiger partial charge on any atom is -0.337 e. The van der Waals surface area contributed by atoms with Crippen LogP contribution < -0.4 is 0 Å². The zero-order chi connectivity index (χ0) is 19.6. The lowest BCUT2D eigenvalue weighted by molar-refractivity contribution is 0.0761. The van der Waals surface area contributed by atoms with Gasteiger partial charge < -0.3 is 4.90 Å².